The molecule has 0 fully saturated rings. The second kappa shape index (κ2) is 7.03. The summed E-state index contributed by atoms with van der Waals surface area (Å²) in [5.41, 5.74) is 1.31. The van der Waals surface area contributed by atoms with Crippen molar-refractivity contribution in [3.63, 3.8) is 0 Å². The van der Waals surface area contributed by atoms with Crippen molar-refractivity contribution in [3.8, 4) is 0 Å². The first-order chi connectivity index (χ1) is 12.7. The number of aromatic amines is 1. The van der Waals surface area contributed by atoms with E-state index in [0.717, 1.165) is 0 Å². The molecule has 0 spiro atoms. The summed E-state index contributed by atoms with van der Waals surface area (Å²) in [5, 5.41) is 6.01. The minimum Gasteiger partial charge on any atom is -0.347 e. The first-order valence-electron chi connectivity index (χ1n) is 8.44. The standard InChI is InChI=1S/C20H20N4O3/c1-20(2,3)24-18(26)13-6-4-12(5-7-13)17(25)23-14-8-9-16-15(10-14)19(27)22-11-21-16/h4-11H,1-3H3,(H,23,25)(H,24,26)(H,21,22,27). The van der Waals surface area contributed by atoms with E-state index in [4.69, 9.17) is 0 Å². The van der Waals surface area contributed by atoms with Crippen molar-refractivity contribution in [2.24, 2.45) is 0 Å². The van der Waals surface area contributed by atoms with Gasteiger partial charge in [-0.15, -0.1) is 0 Å². The van der Waals surface area contributed by atoms with Crippen LogP contribution in [0.4, 0.5) is 5.69 Å². The number of hydrogen-bond donors (Lipinski definition) is 3. The maximum atomic E-state index is 12.4. The van der Waals surface area contributed by atoms with Crippen LogP contribution in [0.3, 0.4) is 0 Å². The molecule has 0 saturated heterocycles. The molecule has 0 unspecified atom stereocenters. The first kappa shape index (κ1) is 18.3. The van der Waals surface area contributed by atoms with Crippen LogP contribution in [-0.4, -0.2) is 27.3 Å². The van der Waals surface area contributed by atoms with Crippen LogP contribution in [0.2, 0.25) is 0 Å². The van der Waals surface area contributed by atoms with Gasteiger partial charge in [0.25, 0.3) is 17.4 Å². The topological polar surface area (TPSA) is 104 Å². The average molecular weight is 364 g/mol. The maximum absolute atomic E-state index is 12.4. The first-order valence-corrected chi connectivity index (χ1v) is 8.44. The van der Waals surface area contributed by atoms with E-state index in [9.17, 15) is 14.4 Å². The Morgan fingerprint density at radius 2 is 1.59 bits per heavy atom. The van der Waals surface area contributed by atoms with E-state index in [1.807, 2.05) is 20.8 Å². The zero-order chi connectivity index (χ0) is 19.6. The summed E-state index contributed by atoms with van der Waals surface area (Å²) >= 11 is 0. The number of aromatic nitrogens is 2. The highest BCUT2D eigenvalue weighted by atomic mass is 16.2. The Kier molecular flexibility index (Phi) is 4.77. The summed E-state index contributed by atoms with van der Waals surface area (Å²) in [6.45, 7) is 5.70. The van der Waals surface area contributed by atoms with Crippen molar-refractivity contribution < 1.29 is 9.59 Å². The number of H-pyrrole nitrogens is 1. The lowest BCUT2D eigenvalue weighted by atomic mass is 10.1. The molecule has 3 rings (SSSR count). The minimum atomic E-state index is -0.337. The molecule has 3 aromatic rings. The molecule has 0 bridgehead atoms. The predicted octanol–water partition coefficient (Wildman–Crippen LogP) is 2.70. The second-order valence-corrected chi connectivity index (χ2v) is 7.20. The third-order valence-corrected chi connectivity index (χ3v) is 3.80. The lowest BCUT2D eigenvalue weighted by Gasteiger charge is -2.20. The average Bonchev–Trinajstić information content (AvgIpc) is 2.61. The Balaban J connectivity index is 1.76. The van der Waals surface area contributed by atoms with Crippen LogP contribution in [0.5, 0.6) is 0 Å². The molecule has 0 radical (unpaired) electrons. The fraction of sp³-hybridized carbons (Fsp3) is 0.200. The molecule has 7 nitrogen and oxygen atoms in total. The summed E-state index contributed by atoms with van der Waals surface area (Å²) in [7, 11) is 0. The number of nitrogens with one attached hydrogen (secondary N) is 3. The number of fused-ring (bicyclic) bond motifs is 1. The molecule has 0 saturated carbocycles. The van der Waals surface area contributed by atoms with Gasteiger partial charge < -0.3 is 15.6 Å². The van der Waals surface area contributed by atoms with Gasteiger partial charge in [0.15, 0.2) is 0 Å². The Bertz CT molecular complexity index is 1060. The van der Waals surface area contributed by atoms with Crippen LogP contribution in [0, 0.1) is 0 Å². The lowest BCUT2D eigenvalue weighted by molar-refractivity contribution is 0.0918. The van der Waals surface area contributed by atoms with Gasteiger partial charge in [-0.3, -0.25) is 14.4 Å². The third kappa shape index (κ3) is 4.38. The number of benzene rings is 2. The summed E-state index contributed by atoms with van der Waals surface area (Å²) < 4.78 is 0. The van der Waals surface area contributed by atoms with Crippen LogP contribution < -0.4 is 16.2 Å². The zero-order valence-electron chi connectivity index (χ0n) is 15.3. The van der Waals surface area contributed by atoms with E-state index in [2.05, 4.69) is 20.6 Å². The highest BCUT2D eigenvalue weighted by Gasteiger charge is 2.16. The van der Waals surface area contributed by atoms with E-state index < -0.39 is 0 Å². The van der Waals surface area contributed by atoms with Crippen LogP contribution in [-0.2, 0) is 0 Å². The molecule has 2 aromatic carbocycles. The molecular weight excluding hydrogens is 344 g/mol. The summed E-state index contributed by atoms with van der Waals surface area (Å²) in [6, 6.07) is 11.3. The Labute approximate surface area is 155 Å². The van der Waals surface area contributed by atoms with E-state index >= 15 is 0 Å². The molecule has 0 aliphatic carbocycles. The number of anilines is 1. The molecule has 1 aromatic heterocycles. The van der Waals surface area contributed by atoms with E-state index in [1.165, 1.54) is 6.33 Å². The van der Waals surface area contributed by atoms with Crippen LogP contribution in [0.1, 0.15) is 41.5 Å². The molecule has 3 N–H and O–H groups in total. The molecule has 0 atom stereocenters. The van der Waals surface area contributed by atoms with Crippen LogP contribution in [0.25, 0.3) is 10.9 Å². The third-order valence-electron chi connectivity index (χ3n) is 3.80. The summed E-state index contributed by atoms with van der Waals surface area (Å²) in [5.74, 6) is -0.534. The monoisotopic (exact) mass is 364 g/mol. The van der Waals surface area contributed by atoms with Crippen molar-refractivity contribution in [3.05, 3.63) is 70.3 Å². The molecule has 2 amide bonds. The van der Waals surface area contributed by atoms with Gasteiger partial charge in [-0.05, 0) is 63.2 Å². The van der Waals surface area contributed by atoms with Gasteiger partial charge in [-0.1, -0.05) is 0 Å². The number of rotatable bonds is 3. The van der Waals surface area contributed by atoms with Crippen molar-refractivity contribution in [1.82, 2.24) is 15.3 Å². The quantitative estimate of drug-likeness (QED) is 0.665. The Morgan fingerprint density at radius 1 is 0.963 bits per heavy atom. The molecule has 0 aliphatic heterocycles. The van der Waals surface area contributed by atoms with Gasteiger partial charge in [0, 0.05) is 22.4 Å². The smallest absolute Gasteiger partial charge is 0.258 e. The Morgan fingerprint density at radius 3 is 2.22 bits per heavy atom. The zero-order valence-corrected chi connectivity index (χ0v) is 15.3. The van der Waals surface area contributed by atoms with Gasteiger partial charge in [0.1, 0.15) is 0 Å². The van der Waals surface area contributed by atoms with Crippen molar-refractivity contribution in [2.75, 3.05) is 5.32 Å². The van der Waals surface area contributed by atoms with Gasteiger partial charge in [-0.25, -0.2) is 4.98 Å². The van der Waals surface area contributed by atoms with Crippen molar-refractivity contribution in [1.29, 1.82) is 0 Å². The highest BCUT2D eigenvalue weighted by Crippen LogP contribution is 2.15. The molecule has 27 heavy (non-hydrogen) atoms. The normalized spacial score (nSPS) is 11.2. The van der Waals surface area contributed by atoms with Crippen molar-refractivity contribution in [2.45, 2.75) is 26.3 Å². The largest absolute Gasteiger partial charge is 0.347 e. The van der Waals surface area contributed by atoms with E-state index in [-0.39, 0.29) is 22.9 Å². The number of hydrogen-bond acceptors (Lipinski definition) is 4. The SMILES string of the molecule is CC(C)(C)NC(=O)c1ccc(C(=O)Nc2ccc3nc[nH]c(=O)c3c2)cc1. The maximum Gasteiger partial charge on any atom is 0.258 e. The molecule has 1 heterocycles. The van der Waals surface area contributed by atoms with Gasteiger partial charge >= 0.3 is 0 Å². The van der Waals surface area contributed by atoms with Gasteiger partial charge in [0.05, 0.1) is 17.2 Å². The highest BCUT2D eigenvalue weighted by molar-refractivity contribution is 6.05. The molecular formula is C20H20N4O3. The molecule has 7 heteroatoms. The number of carbonyl (C=O) groups is 2. The minimum absolute atomic E-state index is 0.198. The number of amides is 2. The number of carbonyl (C=O) groups excluding carboxylic acids is 2. The summed E-state index contributed by atoms with van der Waals surface area (Å²) in [6.07, 6.45) is 1.33. The van der Waals surface area contributed by atoms with Gasteiger partial charge in [0.2, 0.25) is 0 Å². The fourth-order valence-electron chi connectivity index (χ4n) is 2.54. The summed E-state index contributed by atoms with van der Waals surface area (Å²) in [4.78, 5) is 43.0. The van der Waals surface area contributed by atoms with Crippen LogP contribution in [0.15, 0.2) is 53.6 Å². The Hall–Kier alpha value is -3.48. The fourth-order valence-corrected chi connectivity index (χ4v) is 2.54. The second-order valence-electron chi connectivity index (χ2n) is 7.20. The number of nitrogens with zero attached hydrogens (tertiary/aromatic N) is 1. The van der Waals surface area contributed by atoms with E-state index in [0.29, 0.717) is 27.7 Å². The van der Waals surface area contributed by atoms with E-state index in [1.54, 1.807) is 42.5 Å². The lowest BCUT2D eigenvalue weighted by Crippen LogP contribution is -2.40. The predicted molar refractivity (Wildman–Crippen MR) is 104 cm³/mol. The van der Waals surface area contributed by atoms with Gasteiger partial charge in [-0.2, -0.15) is 0 Å². The van der Waals surface area contributed by atoms with Crippen LogP contribution >= 0.6 is 0 Å². The molecule has 138 valence electrons. The molecule has 0 aliphatic rings. The van der Waals surface area contributed by atoms with Crippen molar-refractivity contribution >= 4 is 28.4 Å².